The molecule has 43 heavy (non-hydrogen) atoms. The van der Waals surface area contributed by atoms with E-state index in [4.69, 9.17) is 0 Å². The van der Waals surface area contributed by atoms with Crippen molar-refractivity contribution < 1.29 is 9.90 Å². The van der Waals surface area contributed by atoms with Crippen molar-refractivity contribution >= 4 is 17.6 Å². The van der Waals surface area contributed by atoms with Gasteiger partial charge >= 0.3 is 0 Å². The van der Waals surface area contributed by atoms with Crippen LogP contribution in [-0.4, -0.2) is 71.2 Å². The summed E-state index contributed by atoms with van der Waals surface area (Å²) >= 11 is 0. The van der Waals surface area contributed by atoms with E-state index < -0.39 is 0 Å². The van der Waals surface area contributed by atoms with E-state index in [2.05, 4.69) is 96.4 Å². The van der Waals surface area contributed by atoms with Crippen LogP contribution in [0.3, 0.4) is 0 Å². The second-order valence-corrected chi connectivity index (χ2v) is 11.3. The second-order valence-electron chi connectivity index (χ2n) is 11.3. The van der Waals surface area contributed by atoms with Gasteiger partial charge in [0.05, 0.1) is 12.6 Å². The molecule has 0 radical (unpaired) electrons. The van der Waals surface area contributed by atoms with E-state index in [1.54, 1.807) is 0 Å². The SMILES string of the molecule is C=C/C(=C\c1c(-c2ccccc2CCC)c[nH]c1C)c1cccc(C(C(=O)N2CCCC2CO)N2CCNCC2)c1.CC. The van der Waals surface area contributed by atoms with Gasteiger partial charge in [-0.3, -0.25) is 9.69 Å². The van der Waals surface area contributed by atoms with E-state index in [1.807, 2.05) is 24.8 Å². The third kappa shape index (κ3) is 7.38. The van der Waals surface area contributed by atoms with Crippen molar-refractivity contribution in [2.75, 3.05) is 39.3 Å². The van der Waals surface area contributed by atoms with Gasteiger partial charge in [-0.25, -0.2) is 0 Å². The summed E-state index contributed by atoms with van der Waals surface area (Å²) in [6.07, 6.45) is 10.2. The number of allylic oxidation sites excluding steroid dienone is 2. The van der Waals surface area contributed by atoms with E-state index in [1.165, 1.54) is 16.7 Å². The number of aromatic amines is 1. The van der Waals surface area contributed by atoms with Crippen LogP contribution in [0.2, 0.25) is 0 Å². The average molecular weight is 583 g/mol. The van der Waals surface area contributed by atoms with E-state index in [-0.39, 0.29) is 24.6 Å². The Kier molecular flexibility index (Phi) is 12.0. The van der Waals surface area contributed by atoms with Crippen LogP contribution in [0.5, 0.6) is 0 Å². The lowest BCUT2D eigenvalue weighted by molar-refractivity contribution is -0.139. The lowest BCUT2D eigenvalue weighted by atomic mass is 9.92. The van der Waals surface area contributed by atoms with Crippen LogP contribution in [0.25, 0.3) is 22.8 Å². The maximum Gasteiger partial charge on any atom is 0.244 e. The Labute approximate surface area is 258 Å². The van der Waals surface area contributed by atoms with Gasteiger partial charge in [0.2, 0.25) is 5.91 Å². The van der Waals surface area contributed by atoms with Crippen LogP contribution in [0.1, 0.15) is 74.0 Å². The van der Waals surface area contributed by atoms with Gasteiger partial charge in [-0.1, -0.05) is 82.3 Å². The lowest BCUT2D eigenvalue weighted by Gasteiger charge is -2.37. The third-order valence-corrected chi connectivity index (χ3v) is 8.63. The van der Waals surface area contributed by atoms with Crippen molar-refractivity contribution in [2.24, 2.45) is 0 Å². The molecule has 3 aromatic rings. The molecule has 6 nitrogen and oxygen atoms in total. The fourth-order valence-electron chi connectivity index (χ4n) is 6.44. The summed E-state index contributed by atoms with van der Waals surface area (Å²) in [6.45, 7) is 16.6. The maximum atomic E-state index is 14.1. The largest absolute Gasteiger partial charge is 0.394 e. The summed E-state index contributed by atoms with van der Waals surface area (Å²) in [5, 5.41) is 13.4. The molecule has 2 aromatic carbocycles. The first-order valence-electron chi connectivity index (χ1n) is 16.1. The molecule has 2 saturated heterocycles. The van der Waals surface area contributed by atoms with Crippen molar-refractivity contribution in [3.05, 3.63) is 95.3 Å². The quantitative estimate of drug-likeness (QED) is 0.235. The molecule has 0 aliphatic carbocycles. The molecule has 0 saturated carbocycles. The van der Waals surface area contributed by atoms with Gasteiger partial charge in [0.1, 0.15) is 6.04 Å². The Balaban J connectivity index is 0.00000207. The average Bonchev–Trinajstić information content (AvgIpc) is 3.68. The van der Waals surface area contributed by atoms with Gasteiger partial charge in [-0.15, -0.1) is 0 Å². The highest BCUT2D eigenvalue weighted by atomic mass is 16.3. The van der Waals surface area contributed by atoms with Crippen LogP contribution in [0.15, 0.2) is 67.4 Å². The standard InChI is InChI=1S/C35H44N4O2.C2H6/c1-4-10-27-11-6-7-15-31(27)33-23-37-25(3)32(33)22-26(5-2)28-12-8-13-29(21-28)34(38-19-16-36-17-20-38)35(41)39-18-9-14-30(39)24-40;1-2/h5-8,11-13,15,21-23,30,34,36-37,40H,2,4,9-10,14,16-20,24H2,1,3H3;1-2H3/b26-22+;. The van der Waals surface area contributed by atoms with Gasteiger partial charge in [-0.05, 0) is 66.2 Å². The topological polar surface area (TPSA) is 71.6 Å². The summed E-state index contributed by atoms with van der Waals surface area (Å²) in [7, 11) is 0. The molecule has 5 rings (SSSR count). The number of carbonyl (C=O) groups is 1. The zero-order chi connectivity index (χ0) is 30.8. The van der Waals surface area contributed by atoms with Crippen LogP contribution in [0, 0.1) is 6.92 Å². The predicted molar refractivity (Wildman–Crippen MR) is 180 cm³/mol. The molecule has 3 heterocycles. The van der Waals surface area contributed by atoms with Crippen LogP contribution >= 0.6 is 0 Å². The minimum Gasteiger partial charge on any atom is -0.394 e. The molecule has 2 aliphatic heterocycles. The number of aliphatic hydroxyl groups is 1. The Morgan fingerprint density at radius 2 is 1.86 bits per heavy atom. The molecular formula is C37H50N4O2. The summed E-state index contributed by atoms with van der Waals surface area (Å²) in [5.74, 6) is 0.0982. The van der Waals surface area contributed by atoms with Crippen LogP contribution in [-0.2, 0) is 11.2 Å². The zero-order valence-corrected chi connectivity index (χ0v) is 26.5. The molecule has 2 unspecified atom stereocenters. The molecule has 2 atom stereocenters. The van der Waals surface area contributed by atoms with Crippen molar-refractivity contribution in [1.29, 1.82) is 0 Å². The van der Waals surface area contributed by atoms with E-state index >= 15 is 0 Å². The number of aliphatic hydroxyl groups excluding tert-OH is 1. The summed E-state index contributed by atoms with van der Waals surface area (Å²) in [4.78, 5) is 21.7. The predicted octanol–water partition coefficient (Wildman–Crippen LogP) is 6.63. The number of hydrogen-bond donors (Lipinski definition) is 3. The normalized spacial score (nSPS) is 18.2. The number of H-pyrrole nitrogens is 1. The molecule has 230 valence electrons. The number of nitrogens with one attached hydrogen (secondary N) is 2. The molecule has 2 fully saturated rings. The second kappa shape index (κ2) is 15.9. The first-order valence-corrected chi connectivity index (χ1v) is 16.1. The van der Waals surface area contributed by atoms with Crippen molar-refractivity contribution in [2.45, 2.75) is 65.5 Å². The summed E-state index contributed by atoms with van der Waals surface area (Å²) in [6, 6.07) is 16.6. The number of benzene rings is 2. The molecule has 2 aliphatic rings. The van der Waals surface area contributed by atoms with Gasteiger partial charge in [0.25, 0.3) is 0 Å². The third-order valence-electron chi connectivity index (χ3n) is 8.63. The van der Waals surface area contributed by atoms with Crippen molar-refractivity contribution in [1.82, 2.24) is 20.1 Å². The van der Waals surface area contributed by atoms with Gasteiger partial charge < -0.3 is 20.3 Å². The number of nitrogens with zero attached hydrogens (tertiary/aromatic N) is 2. The Bertz CT molecular complexity index is 1380. The van der Waals surface area contributed by atoms with Crippen molar-refractivity contribution in [3.63, 3.8) is 0 Å². The summed E-state index contributed by atoms with van der Waals surface area (Å²) < 4.78 is 0. The van der Waals surface area contributed by atoms with Gasteiger partial charge in [0.15, 0.2) is 0 Å². The smallest absolute Gasteiger partial charge is 0.244 e. The monoisotopic (exact) mass is 582 g/mol. The molecular weight excluding hydrogens is 532 g/mol. The first kappa shape index (κ1) is 32.5. The number of amides is 1. The fourth-order valence-corrected chi connectivity index (χ4v) is 6.44. The zero-order valence-electron chi connectivity index (χ0n) is 26.5. The fraction of sp³-hybridized carbons (Fsp3) is 0.432. The van der Waals surface area contributed by atoms with Gasteiger partial charge in [-0.2, -0.15) is 0 Å². The number of aryl methyl sites for hydroxylation is 2. The Morgan fingerprint density at radius 3 is 2.58 bits per heavy atom. The highest BCUT2D eigenvalue weighted by Gasteiger charge is 2.37. The Hall–Kier alpha value is -3.45. The molecule has 0 spiro atoms. The number of piperazine rings is 1. The van der Waals surface area contributed by atoms with Crippen LogP contribution in [0.4, 0.5) is 0 Å². The number of rotatable bonds is 10. The van der Waals surface area contributed by atoms with E-state index in [9.17, 15) is 9.90 Å². The lowest BCUT2D eigenvalue weighted by Crippen LogP contribution is -2.51. The molecule has 6 heteroatoms. The number of aromatic nitrogens is 1. The maximum absolute atomic E-state index is 14.1. The number of carbonyl (C=O) groups excluding carboxylic acids is 1. The number of likely N-dealkylation sites (tertiary alicyclic amines) is 1. The first-order chi connectivity index (χ1) is 21.0. The van der Waals surface area contributed by atoms with E-state index in [0.717, 1.165) is 79.8 Å². The highest BCUT2D eigenvalue weighted by molar-refractivity contribution is 5.93. The van der Waals surface area contributed by atoms with Gasteiger partial charge in [0, 0.05) is 55.7 Å². The highest BCUT2D eigenvalue weighted by Crippen LogP contribution is 2.34. The summed E-state index contributed by atoms with van der Waals surface area (Å²) in [5.41, 5.74) is 9.13. The Morgan fingerprint density at radius 1 is 1.09 bits per heavy atom. The minimum absolute atomic E-state index is 0.0170. The number of hydrogen-bond acceptors (Lipinski definition) is 4. The minimum atomic E-state index is -0.374. The van der Waals surface area contributed by atoms with Crippen LogP contribution < -0.4 is 5.32 Å². The molecule has 1 aromatic heterocycles. The molecule has 1 amide bonds. The molecule has 3 N–H and O–H groups in total. The molecule has 0 bridgehead atoms. The van der Waals surface area contributed by atoms with Crippen molar-refractivity contribution in [3.8, 4) is 11.1 Å². The van der Waals surface area contributed by atoms with E-state index in [0.29, 0.717) is 6.54 Å².